The third-order valence-corrected chi connectivity index (χ3v) is 5.27. The van der Waals surface area contributed by atoms with Gasteiger partial charge in [-0.15, -0.1) is 5.10 Å². The van der Waals surface area contributed by atoms with Crippen molar-refractivity contribution in [3.8, 4) is 23.0 Å². The van der Waals surface area contributed by atoms with Gasteiger partial charge in [0.2, 0.25) is 5.82 Å². The lowest BCUT2D eigenvalue weighted by atomic mass is 10.1. The topological polar surface area (TPSA) is 78.9 Å². The van der Waals surface area contributed by atoms with E-state index in [-0.39, 0.29) is 24.4 Å². The Kier molecular flexibility index (Phi) is 4.25. The molecule has 9 heteroatoms. The van der Waals surface area contributed by atoms with E-state index in [1.807, 2.05) is 24.3 Å². The fourth-order valence-electron chi connectivity index (χ4n) is 3.13. The van der Waals surface area contributed by atoms with Gasteiger partial charge in [-0.25, -0.2) is 9.07 Å². The average Bonchev–Trinajstić information content (AvgIpc) is 3.35. The third kappa shape index (κ3) is 3.02. The molecule has 28 heavy (non-hydrogen) atoms. The second-order valence-electron chi connectivity index (χ2n) is 6.32. The Bertz CT molecular complexity index is 1140. The normalized spacial score (nSPS) is 16.1. The Morgan fingerprint density at radius 1 is 1.11 bits per heavy atom. The molecule has 0 spiro atoms. The fourth-order valence-corrected chi connectivity index (χ4v) is 3.59. The molecule has 5 rings (SSSR count). The number of ether oxygens (including phenoxy) is 1. The Morgan fingerprint density at radius 3 is 2.75 bits per heavy atom. The van der Waals surface area contributed by atoms with Crippen LogP contribution >= 0.6 is 15.9 Å². The Hall–Kier alpha value is -2.91. The summed E-state index contributed by atoms with van der Waals surface area (Å²) in [6.07, 6.45) is -0.221. The van der Waals surface area contributed by atoms with Crippen molar-refractivity contribution in [1.29, 1.82) is 0 Å². The second kappa shape index (κ2) is 6.92. The molecular formula is C19H13BrFN5O2. The first-order chi connectivity index (χ1) is 13.7. The highest BCUT2D eigenvalue weighted by Gasteiger charge is 2.28. The lowest BCUT2D eigenvalue weighted by molar-refractivity contribution is -0.00120. The largest absolute Gasteiger partial charge is 0.365 e. The van der Waals surface area contributed by atoms with Crippen molar-refractivity contribution in [1.82, 2.24) is 25.1 Å². The van der Waals surface area contributed by atoms with Gasteiger partial charge in [0.1, 0.15) is 11.9 Å². The maximum absolute atomic E-state index is 13.1. The summed E-state index contributed by atoms with van der Waals surface area (Å²) in [6, 6.07) is 13.9. The summed E-state index contributed by atoms with van der Waals surface area (Å²) >= 11 is 3.49. The van der Waals surface area contributed by atoms with Crippen LogP contribution in [0.5, 0.6) is 0 Å². The summed E-state index contributed by atoms with van der Waals surface area (Å²) < 4.78 is 27.1. The molecule has 4 aromatic rings. The first-order valence-electron chi connectivity index (χ1n) is 8.57. The lowest BCUT2D eigenvalue weighted by Crippen LogP contribution is -2.22. The van der Waals surface area contributed by atoms with Crippen LogP contribution in [0.25, 0.3) is 23.0 Å². The van der Waals surface area contributed by atoms with E-state index in [1.165, 1.54) is 12.1 Å². The number of aromatic nitrogens is 5. The molecule has 0 saturated carbocycles. The van der Waals surface area contributed by atoms with Crippen molar-refractivity contribution >= 4 is 15.9 Å². The van der Waals surface area contributed by atoms with E-state index in [0.29, 0.717) is 18.1 Å². The predicted molar refractivity (Wildman–Crippen MR) is 100 cm³/mol. The van der Waals surface area contributed by atoms with Crippen LogP contribution < -0.4 is 0 Å². The molecule has 0 unspecified atom stereocenters. The number of fused-ring (bicyclic) bond motifs is 1. The van der Waals surface area contributed by atoms with E-state index in [2.05, 4.69) is 36.4 Å². The molecule has 0 fully saturated rings. The van der Waals surface area contributed by atoms with E-state index in [9.17, 15) is 4.39 Å². The standard InChI is InChI=1S/C19H13BrFN5O2/c20-14-4-2-1-3-13(14)18-22-19(28-24-18)17-15-10-27-16(9-26(15)25-23-17)11-5-7-12(21)8-6-11/h1-8,16H,9-10H2/t16-/m1/s1. The molecule has 0 aliphatic carbocycles. The fraction of sp³-hybridized carbons (Fsp3) is 0.158. The summed E-state index contributed by atoms with van der Waals surface area (Å²) in [4.78, 5) is 4.46. The van der Waals surface area contributed by atoms with Gasteiger partial charge in [0.25, 0.3) is 5.89 Å². The molecule has 0 amide bonds. The van der Waals surface area contributed by atoms with E-state index >= 15 is 0 Å². The van der Waals surface area contributed by atoms with Crippen LogP contribution in [0.2, 0.25) is 0 Å². The minimum atomic E-state index is -0.277. The van der Waals surface area contributed by atoms with Gasteiger partial charge in [0.05, 0.1) is 18.8 Å². The molecule has 2 aromatic carbocycles. The molecule has 0 bridgehead atoms. The summed E-state index contributed by atoms with van der Waals surface area (Å²) in [5, 5.41) is 12.5. The molecular weight excluding hydrogens is 429 g/mol. The summed E-state index contributed by atoms with van der Waals surface area (Å²) in [7, 11) is 0. The van der Waals surface area contributed by atoms with Gasteiger partial charge in [0, 0.05) is 10.0 Å². The molecule has 3 heterocycles. The van der Waals surface area contributed by atoms with Crippen LogP contribution in [0.3, 0.4) is 0 Å². The van der Waals surface area contributed by atoms with E-state index in [1.54, 1.807) is 16.8 Å². The summed E-state index contributed by atoms with van der Waals surface area (Å²) in [5.41, 5.74) is 2.98. The van der Waals surface area contributed by atoms with Gasteiger partial charge in [-0.05, 0) is 29.8 Å². The van der Waals surface area contributed by atoms with Crippen LogP contribution in [-0.4, -0.2) is 25.1 Å². The monoisotopic (exact) mass is 441 g/mol. The quantitative estimate of drug-likeness (QED) is 0.474. The van der Waals surface area contributed by atoms with Crippen molar-refractivity contribution in [3.05, 3.63) is 70.1 Å². The van der Waals surface area contributed by atoms with Crippen LogP contribution in [-0.2, 0) is 17.9 Å². The Morgan fingerprint density at radius 2 is 1.93 bits per heavy atom. The number of hydrogen-bond donors (Lipinski definition) is 0. The van der Waals surface area contributed by atoms with Crippen LogP contribution in [0.4, 0.5) is 4.39 Å². The Balaban J connectivity index is 1.43. The van der Waals surface area contributed by atoms with Gasteiger partial charge >= 0.3 is 0 Å². The number of halogens is 2. The molecule has 0 radical (unpaired) electrons. The smallest absolute Gasteiger partial charge is 0.280 e. The summed E-state index contributed by atoms with van der Waals surface area (Å²) in [5.74, 6) is 0.474. The van der Waals surface area contributed by atoms with Gasteiger partial charge in [-0.1, -0.05) is 50.6 Å². The summed E-state index contributed by atoms with van der Waals surface area (Å²) in [6.45, 7) is 0.760. The van der Waals surface area contributed by atoms with Crippen molar-refractivity contribution < 1.29 is 13.7 Å². The van der Waals surface area contributed by atoms with Crippen molar-refractivity contribution in [3.63, 3.8) is 0 Å². The highest BCUT2D eigenvalue weighted by Crippen LogP contribution is 2.32. The highest BCUT2D eigenvalue weighted by atomic mass is 79.9. The van der Waals surface area contributed by atoms with Gasteiger partial charge < -0.3 is 9.26 Å². The second-order valence-corrected chi connectivity index (χ2v) is 7.18. The molecule has 0 N–H and O–H groups in total. The number of rotatable bonds is 3. The third-order valence-electron chi connectivity index (χ3n) is 4.58. The number of benzene rings is 2. The van der Waals surface area contributed by atoms with E-state index in [0.717, 1.165) is 21.3 Å². The van der Waals surface area contributed by atoms with Crippen molar-refractivity contribution in [2.45, 2.75) is 19.3 Å². The SMILES string of the molecule is Fc1ccc([C@H]2Cn3nnc(-c4nc(-c5ccccc5Br)no4)c3CO2)cc1. The Labute approximate surface area is 167 Å². The van der Waals surface area contributed by atoms with Gasteiger partial charge in [-0.2, -0.15) is 4.98 Å². The molecule has 1 aliphatic rings. The van der Waals surface area contributed by atoms with Gasteiger partial charge in [-0.3, -0.25) is 0 Å². The predicted octanol–water partition coefficient (Wildman–Crippen LogP) is 4.17. The first-order valence-corrected chi connectivity index (χ1v) is 9.37. The highest BCUT2D eigenvalue weighted by molar-refractivity contribution is 9.10. The maximum atomic E-state index is 13.1. The van der Waals surface area contributed by atoms with E-state index < -0.39 is 0 Å². The maximum Gasteiger partial charge on any atom is 0.280 e. The minimum Gasteiger partial charge on any atom is -0.365 e. The van der Waals surface area contributed by atoms with Crippen LogP contribution in [0.15, 0.2) is 57.5 Å². The molecule has 2 aromatic heterocycles. The lowest BCUT2D eigenvalue weighted by Gasteiger charge is -2.24. The average molecular weight is 442 g/mol. The van der Waals surface area contributed by atoms with Crippen molar-refractivity contribution in [2.24, 2.45) is 0 Å². The van der Waals surface area contributed by atoms with Crippen LogP contribution in [0, 0.1) is 5.82 Å². The van der Waals surface area contributed by atoms with Crippen LogP contribution in [0.1, 0.15) is 17.4 Å². The molecule has 140 valence electrons. The zero-order chi connectivity index (χ0) is 19.1. The number of hydrogen-bond acceptors (Lipinski definition) is 6. The minimum absolute atomic E-state index is 0.221. The number of nitrogens with zero attached hydrogens (tertiary/aromatic N) is 5. The van der Waals surface area contributed by atoms with E-state index in [4.69, 9.17) is 9.26 Å². The molecule has 7 nitrogen and oxygen atoms in total. The zero-order valence-electron chi connectivity index (χ0n) is 14.4. The molecule has 0 saturated heterocycles. The first kappa shape index (κ1) is 17.2. The van der Waals surface area contributed by atoms with Crippen molar-refractivity contribution in [2.75, 3.05) is 0 Å². The zero-order valence-corrected chi connectivity index (χ0v) is 16.0. The molecule has 1 atom stereocenters. The molecule has 1 aliphatic heterocycles. The van der Waals surface area contributed by atoms with Gasteiger partial charge in [0.15, 0.2) is 5.69 Å².